The average Bonchev–Trinajstić information content (AvgIpc) is 2.39. The Kier molecular flexibility index (Phi) is 5.52. The van der Waals surface area contributed by atoms with E-state index in [-0.39, 0.29) is 17.9 Å². The highest BCUT2D eigenvalue weighted by atomic mass is 19.4. The number of allylic oxidation sites excluding steroid dienone is 1. The molecule has 0 fully saturated rings. The fraction of sp³-hybridized carbons (Fsp3) is 0.286. The van der Waals surface area contributed by atoms with Crippen LogP contribution in [0.1, 0.15) is 19.4 Å². The summed E-state index contributed by atoms with van der Waals surface area (Å²) < 4.78 is 41.6. The largest absolute Gasteiger partial charge is 0.471 e. The van der Waals surface area contributed by atoms with Gasteiger partial charge in [-0.25, -0.2) is 4.79 Å². The van der Waals surface area contributed by atoms with Crippen molar-refractivity contribution in [2.24, 2.45) is 0 Å². The van der Waals surface area contributed by atoms with Gasteiger partial charge in [-0.2, -0.15) is 13.2 Å². The van der Waals surface area contributed by atoms with Crippen molar-refractivity contribution in [2.75, 3.05) is 6.61 Å². The lowest BCUT2D eigenvalue weighted by atomic mass is 10.0. The van der Waals surface area contributed by atoms with Gasteiger partial charge in [0.2, 0.25) is 0 Å². The lowest BCUT2D eigenvalue weighted by Crippen LogP contribution is -2.36. The summed E-state index contributed by atoms with van der Waals surface area (Å²) in [6, 6.07) is 8.00. The zero-order valence-electron chi connectivity index (χ0n) is 11.5. The van der Waals surface area contributed by atoms with Gasteiger partial charge in [0.05, 0.1) is 12.2 Å². The van der Waals surface area contributed by atoms with Crippen LogP contribution in [0, 0.1) is 0 Å². The number of halogens is 3. The molecule has 0 radical (unpaired) electrons. The normalized spacial score (nSPS) is 12.4. The molecular weight excluding hydrogens is 287 g/mol. The Morgan fingerprint density at radius 3 is 2.24 bits per heavy atom. The summed E-state index contributed by atoms with van der Waals surface area (Å²) in [6.07, 6.45) is -5.03. The Bertz CT molecular complexity index is 550. The van der Waals surface area contributed by atoms with Gasteiger partial charge in [-0.3, -0.25) is 4.79 Å². The molecule has 0 atom stereocenters. The van der Waals surface area contributed by atoms with Gasteiger partial charge in [-0.05, 0) is 19.4 Å². The van der Waals surface area contributed by atoms with Crippen molar-refractivity contribution in [1.82, 2.24) is 5.32 Å². The number of benzene rings is 1. The highest BCUT2D eigenvalue weighted by molar-refractivity contribution is 6.17. The zero-order valence-corrected chi connectivity index (χ0v) is 11.5. The molecule has 0 spiro atoms. The summed E-state index contributed by atoms with van der Waals surface area (Å²) in [5.41, 5.74) is 0.0212. The summed E-state index contributed by atoms with van der Waals surface area (Å²) in [5, 5.41) is 1.67. The molecule has 0 aromatic heterocycles. The molecule has 7 heteroatoms. The van der Waals surface area contributed by atoms with Gasteiger partial charge in [-0.15, -0.1) is 0 Å². The van der Waals surface area contributed by atoms with E-state index < -0.39 is 18.1 Å². The van der Waals surface area contributed by atoms with Gasteiger partial charge < -0.3 is 10.1 Å². The van der Waals surface area contributed by atoms with E-state index in [4.69, 9.17) is 4.74 Å². The van der Waals surface area contributed by atoms with Crippen LogP contribution in [-0.4, -0.2) is 24.7 Å². The van der Waals surface area contributed by atoms with Crippen LogP contribution in [0.2, 0.25) is 0 Å². The molecule has 1 amide bonds. The summed E-state index contributed by atoms with van der Waals surface area (Å²) in [6.45, 7) is 2.85. The highest BCUT2D eigenvalue weighted by Crippen LogP contribution is 2.21. The monoisotopic (exact) mass is 301 g/mol. The molecule has 0 unspecified atom stereocenters. The number of alkyl halides is 3. The number of nitrogens with one attached hydrogen (secondary N) is 1. The van der Waals surface area contributed by atoms with Crippen molar-refractivity contribution < 1.29 is 27.5 Å². The van der Waals surface area contributed by atoms with Crippen LogP contribution in [0.15, 0.2) is 36.0 Å². The summed E-state index contributed by atoms with van der Waals surface area (Å²) in [4.78, 5) is 22.9. The molecule has 1 N–H and O–H groups in total. The van der Waals surface area contributed by atoms with Gasteiger partial charge in [0.25, 0.3) is 0 Å². The standard InChI is InChI=1S/C14H14F3NO3/c1-3-21-12(19)11(10-7-5-4-6-8-10)9(2)18-13(20)14(15,16)17/h4-8H,3H2,1-2H3,(H,18,20). The topological polar surface area (TPSA) is 55.4 Å². The summed E-state index contributed by atoms with van der Waals surface area (Å²) >= 11 is 0. The fourth-order valence-electron chi connectivity index (χ4n) is 1.60. The number of carbonyl (C=O) groups excluding carboxylic acids is 2. The van der Waals surface area contributed by atoms with Gasteiger partial charge in [0.1, 0.15) is 0 Å². The Labute approximate surface area is 119 Å². The molecule has 1 rings (SSSR count). The van der Waals surface area contributed by atoms with Gasteiger partial charge in [0, 0.05) is 5.70 Å². The first kappa shape index (κ1) is 16.7. The number of amides is 1. The van der Waals surface area contributed by atoms with E-state index in [2.05, 4.69) is 0 Å². The second-order valence-corrected chi connectivity index (χ2v) is 4.04. The van der Waals surface area contributed by atoms with E-state index in [1.54, 1.807) is 30.4 Å². The predicted molar refractivity (Wildman–Crippen MR) is 69.9 cm³/mol. The number of rotatable bonds is 4. The number of carbonyl (C=O) groups is 2. The van der Waals surface area contributed by atoms with Crippen LogP contribution in [0.3, 0.4) is 0 Å². The predicted octanol–water partition coefficient (Wildman–Crippen LogP) is 2.66. The Balaban J connectivity index is 3.19. The van der Waals surface area contributed by atoms with Crippen LogP contribution in [-0.2, 0) is 14.3 Å². The number of hydrogen-bond acceptors (Lipinski definition) is 3. The Morgan fingerprint density at radius 1 is 1.19 bits per heavy atom. The lowest BCUT2D eigenvalue weighted by molar-refractivity contribution is -0.172. The zero-order chi connectivity index (χ0) is 16.0. The quantitative estimate of drug-likeness (QED) is 0.687. The molecular formula is C14H14F3NO3. The van der Waals surface area contributed by atoms with E-state index in [1.165, 1.54) is 19.1 Å². The molecule has 1 aromatic carbocycles. The first-order chi connectivity index (χ1) is 9.77. The highest BCUT2D eigenvalue weighted by Gasteiger charge is 2.39. The maximum absolute atomic E-state index is 12.3. The van der Waals surface area contributed by atoms with Crippen LogP contribution < -0.4 is 5.32 Å². The molecule has 0 aliphatic heterocycles. The van der Waals surface area contributed by atoms with Crippen molar-refractivity contribution in [2.45, 2.75) is 20.0 Å². The van der Waals surface area contributed by atoms with Crippen LogP contribution in [0.5, 0.6) is 0 Å². The minimum absolute atomic E-state index is 0.0651. The molecule has 0 saturated heterocycles. The van der Waals surface area contributed by atoms with Crippen molar-refractivity contribution in [3.63, 3.8) is 0 Å². The van der Waals surface area contributed by atoms with Crippen LogP contribution in [0.4, 0.5) is 13.2 Å². The van der Waals surface area contributed by atoms with Gasteiger partial charge in [0.15, 0.2) is 0 Å². The van der Waals surface area contributed by atoms with Crippen molar-refractivity contribution in [1.29, 1.82) is 0 Å². The Hall–Kier alpha value is -2.31. The van der Waals surface area contributed by atoms with E-state index >= 15 is 0 Å². The first-order valence-electron chi connectivity index (χ1n) is 6.09. The molecule has 0 aliphatic carbocycles. The van der Waals surface area contributed by atoms with Crippen LogP contribution >= 0.6 is 0 Å². The second-order valence-electron chi connectivity index (χ2n) is 4.04. The second kappa shape index (κ2) is 6.92. The molecule has 4 nitrogen and oxygen atoms in total. The number of ether oxygens (including phenoxy) is 1. The van der Waals surface area contributed by atoms with Crippen molar-refractivity contribution >= 4 is 17.4 Å². The minimum Gasteiger partial charge on any atom is -0.462 e. The van der Waals surface area contributed by atoms with Crippen LogP contribution in [0.25, 0.3) is 5.57 Å². The van der Waals surface area contributed by atoms with Gasteiger partial charge >= 0.3 is 18.1 Å². The minimum atomic E-state index is -5.03. The SMILES string of the molecule is CCOC(=O)C(=C(C)NC(=O)C(F)(F)F)c1ccccc1. The summed E-state index contributed by atoms with van der Waals surface area (Å²) in [5.74, 6) is -2.94. The molecule has 0 saturated carbocycles. The van der Waals surface area contributed by atoms with E-state index in [0.717, 1.165) is 0 Å². The fourth-order valence-corrected chi connectivity index (χ4v) is 1.60. The summed E-state index contributed by atoms with van der Waals surface area (Å²) in [7, 11) is 0. The maximum Gasteiger partial charge on any atom is 0.471 e. The third-order valence-electron chi connectivity index (χ3n) is 2.48. The number of esters is 1. The molecule has 0 aliphatic rings. The Morgan fingerprint density at radius 2 is 1.76 bits per heavy atom. The van der Waals surface area contributed by atoms with E-state index in [0.29, 0.717) is 5.56 Å². The molecule has 114 valence electrons. The third-order valence-corrected chi connectivity index (χ3v) is 2.48. The maximum atomic E-state index is 12.3. The van der Waals surface area contributed by atoms with Crippen molar-refractivity contribution in [3.8, 4) is 0 Å². The van der Waals surface area contributed by atoms with Crippen molar-refractivity contribution in [3.05, 3.63) is 41.6 Å². The third kappa shape index (κ3) is 4.62. The van der Waals surface area contributed by atoms with E-state index in [1.807, 2.05) is 0 Å². The lowest BCUT2D eigenvalue weighted by Gasteiger charge is -2.14. The molecule has 0 heterocycles. The van der Waals surface area contributed by atoms with E-state index in [9.17, 15) is 22.8 Å². The first-order valence-corrected chi connectivity index (χ1v) is 6.09. The average molecular weight is 301 g/mol. The molecule has 0 bridgehead atoms. The molecule has 21 heavy (non-hydrogen) atoms. The smallest absolute Gasteiger partial charge is 0.462 e. The number of hydrogen-bond donors (Lipinski definition) is 1. The molecule has 1 aromatic rings. The van der Waals surface area contributed by atoms with Gasteiger partial charge in [-0.1, -0.05) is 30.3 Å².